The first-order valence-electron chi connectivity index (χ1n) is 9.94. The minimum absolute atomic E-state index is 0.0503. The SMILES string of the molecule is COc1cc(/C=C(\C#N)c2ccc([N+](=O)[O-])cc2)ccc1OCC(=O)Nc1ccccc1C. The minimum Gasteiger partial charge on any atom is -0.493 e. The van der Waals surface area contributed by atoms with E-state index in [-0.39, 0.29) is 18.2 Å². The number of ether oxygens (including phenoxy) is 2. The molecular formula is C25H21N3O5. The molecule has 1 N–H and O–H groups in total. The van der Waals surface area contributed by atoms with Crippen LogP contribution in [0.4, 0.5) is 11.4 Å². The summed E-state index contributed by atoms with van der Waals surface area (Å²) in [6, 6.07) is 20.3. The number of aryl methyl sites for hydroxylation is 1. The third-order valence-electron chi connectivity index (χ3n) is 4.79. The Bertz CT molecular complexity index is 1240. The molecule has 0 heterocycles. The lowest BCUT2D eigenvalue weighted by Gasteiger charge is -2.12. The molecule has 0 fully saturated rings. The van der Waals surface area contributed by atoms with Gasteiger partial charge in [-0.25, -0.2) is 0 Å². The number of para-hydroxylation sites is 1. The molecule has 0 saturated heterocycles. The van der Waals surface area contributed by atoms with Crippen molar-refractivity contribution in [3.63, 3.8) is 0 Å². The maximum Gasteiger partial charge on any atom is 0.269 e. The quantitative estimate of drug-likeness (QED) is 0.227. The minimum atomic E-state index is -0.496. The molecule has 0 aliphatic heterocycles. The molecule has 33 heavy (non-hydrogen) atoms. The van der Waals surface area contributed by atoms with Crippen molar-refractivity contribution in [3.05, 3.63) is 93.5 Å². The normalized spacial score (nSPS) is 10.8. The number of hydrogen-bond donors (Lipinski definition) is 1. The fraction of sp³-hybridized carbons (Fsp3) is 0.120. The summed E-state index contributed by atoms with van der Waals surface area (Å²) in [4.78, 5) is 22.6. The maximum atomic E-state index is 12.2. The van der Waals surface area contributed by atoms with E-state index >= 15 is 0 Å². The van der Waals surface area contributed by atoms with Crippen LogP contribution in [0.5, 0.6) is 11.5 Å². The van der Waals surface area contributed by atoms with Crippen LogP contribution in [0.3, 0.4) is 0 Å². The highest BCUT2D eigenvalue weighted by Gasteiger charge is 2.11. The molecule has 8 heteroatoms. The number of rotatable bonds is 8. The van der Waals surface area contributed by atoms with Crippen molar-refractivity contribution in [1.29, 1.82) is 5.26 Å². The second-order valence-electron chi connectivity index (χ2n) is 7.04. The van der Waals surface area contributed by atoms with Gasteiger partial charge in [0.2, 0.25) is 0 Å². The first kappa shape index (κ1) is 23.0. The third-order valence-corrected chi connectivity index (χ3v) is 4.79. The summed E-state index contributed by atoms with van der Waals surface area (Å²) in [5, 5.41) is 23.2. The molecule has 8 nitrogen and oxygen atoms in total. The Balaban J connectivity index is 1.73. The number of nitro benzene ring substituents is 1. The van der Waals surface area contributed by atoms with Crippen LogP contribution in [0.1, 0.15) is 16.7 Å². The summed E-state index contributed by atoms with van der Waals surface area (Å²) in [6.45, 7) is 1.70. The van der Waals surface area contributed by atoms with E-state index in [1.54, 1.807) is 24.3 Å². The lowest BCUT2D eigenvalue weighted by Crippen LogP contribution is -2.20. The average molecular weight is 443 g/mol. The Morgan fingerprint density at radius 3 is 2.48 bits per heavy atom. The van der Waals surface area contributed by atoms with Gasteiger partial charge in [-0.15, -0.1) is 0 Å². The van der Waals surface area contributed by atoms with E-state index < -0.39 is 4.92 Å². The molecule has 0 aliphatic carbocycles. The number of nitro groups is 1. The second-order valence-corrected chi connectivity index (χ2v) is 7.04. The van der Waals surface area contributed by atoms with Gasteiger partial charge in [0.05, 0.1) is 23.7 Å². The largest absolute Gasteiger partial charge is 0.493 e. The number of methoxy groups -OCH3 is 1. The smallest absolute Gasteiger partial charge is 0.269 e. The van der Waals surface area contributed by atoms with Crippen LogP contribution in [0, 0.1) is 28.4 Å². The van der Waals surface area contributed by atoms with Gasteiger partial charge in [0, 0.05) is 17.8 Å². The fourth-order valence-corrected chi connectivity index (χ4v) is 3.05. The summed E-state index contributed by atoms with van der Waals surface area (Å²) in [6.07, 6.45) is 1.64. The molecule has 0 radical (unpaired) electrons. The highest BCUT2D eigenvalue weighted by atomic mass is 16.6. The Morgan fingerprint density at radius 1 is 1.12 bits per heavy atom. The summed E-state index contributed by atoms with van der Waals surface area (Å²) in [5.41, 5.74) is 3.16. The van der Waals surface area contributed by atoms with E-state index in [9.17, 15) is 20.2 Å². The summed E-state index contributed by atoms with van der Waals surface area (Å²) in [5.74, 6) is 0.470. The zero-order valence-corrected chi connectivity index (χ0v) is 18.1. The summed E-state index contributed by atoms with van der Waals surface area (Å²) < 4.78 is 11.0. The molecule has 0 atom stereocenters. The molecule has 0 aliphatic rings. The topological polar surface area (TPSA) is 114 Å². The Labute approximate surface area is 190 Å². The van der Waals surface area contributed by atoms with Crippen LogP contribution < -0.4 is 14.8 Å². The Morgan fingerprint density at radius 2 is 1.85 bits per heavy atom. The number of anilines is 1. The van der Waals surface area contributed by atoms with Gasteiger partial charge in [-0.2, -0.15) is 5.26 Å². The molecule has 3 aromatic rings. The number of benzene rings is 3. The van der Waals surface area contributed by atoms with Crippen molar-refractivity contribution in [3.8, 4) is 17.6 Å². The highest BCUT2D eigenvalue weighted by molar-refractivity contribution is 5.92. The molecule has 0 unspecified atom stereocenters. The fourth-order valence-electron chi connectivity index (χ4n) is 3.05. The molecule has 0 spiro atoms. The van der Waals surface area contributed by atoms with E-state index in [0.717, 1.165) is 5.56 Å². The van der Waals surface area contributed by atoms with Gasteiger partial charge in [0.1, 0.15) is 0 Å². The van der Waals surface area contributed by atoms with Crippen molar-refractivity contribution >= 4 is 28.9 Å². The van der Waals surface area contributed by atoms with Crippen LogP contribution in [0.2, 0.25) is 0 Å². The van der Waals surface area contributed by atoms with Gasteiger partial charge >= 0.3 is 0 Å². The number of amides is 1. The predicted molar refractivity (Wildman–Crippen MR) is 125 cm³/mol. The van der Waals surface area contributed by atoms with Crippen molar-refractivity contribution in [2.75, 3.05) is 19.0 Å². The molecule has 166 valence electrons. The lowest BCUT2D eigenvalue weighted by molar-refractivity contribution is -0.384. The van der Waals surface area contributed by atoms with E-state index in [4.69, 9.17) is 9.47 Å². The molecule has 3 rings (SSSR count). The van der Waals surface area contributed by atoms with E-state index in [1.807, 2.05) is 31.2 Å². The van der Waals surface area contributed by atoms with Gasteiger partial charge in [-0.1, -0.05) is 24.3 Å². The van der Waals surface area contributed by atoms with Crippen molar-refractivity contribution in [2.45, 2.75) is 6.92 Å². The van der Waals surface area contributed by atoms with E-state index in [0.29, 0.717) is 33.9 Å². The molecule has 0 saturated carbocycles. The van der Waals surface area contributed by atoms with Crippen LogP contribution in [-0.2, 0) is 4.79 Å². The van der Waals surface area contributed by atoms with E-state index in [1.165, 1.54) is 31.4 Å². The monoisotopic (exact) mass is 443 g/mol. The molecular weight excluding hydrogens is 422 g/mol. The lowest BCUT2D eigenvalue weighted by atomic mass is 10.0. The number of nitrogens with one attached hydrogen (secondary N) is 1. The first-order valence-corrected chi connectivity index (χ1v) is 9.94. The third kappa shape index (κ3) is 5.95. The number of nitriles is 1. The van der Waals surface area contributed by atoms with E-state index in [2.05, 4.69) is 11.4 Å². The number of allylic oxidation sites excluding steroid dienone is 1. The number of nitrogens with zero attached hydrogens (tertiary/aromatic N) is 2. The number of carbonyl (C=O) groups excluding carboxylic acids is 1. The van der Waals surface area contributed by atoms with Gasteiger partial charge in [-0.3, -0.25) is 14.9 Å². The highest BCUT2D eigenvalue weighted by Crippen LogP contribution is 2.30. The van der Waals surface area contributed by atoms with Gasteiger partial charge < -0.3 is 14.8 Å². The number of hydrogen-bond acceptors (Lipinski definition) is 6. The maximum absolute atomic E-state index is 12.2. The van der Waals surface area contributed by atoms with Crippen LogP contribution in [0.15, 0.2) is 66.7 Å². The zero-order valence-electron chi connectivity index (χ0n) is 18.1. The standard InChI is InChI=1S/C25H21N3O5/c1-17-5-3-4-6-22(17)27-25(29)16-33-23-12-7-18(14-24(23)32-2)13-20(15-26)19-8-10-21(11-9-19)28(30)31/h3-14H,16H2,1-2H3,(H,27,29)/b20-13+. The van der Waals surface area contributed by atoms with Gasteiger partial charge in [-0.05, 0) is 60.0 Å². The molecule has 0 bridgehead atoms. The average Bonchev–Trinajstić information content (AvgIpc) is 2.83. The van der Waals surface area contributed by atoms with Crippen molar-refractivity contribution < 1.29 is 19.2 Å². The second kappa shape index (κ2) is 10.6. The van der Waals surface area contributed by atoms with Crippen LogP contribution in [0.25, 0.3) is 11.6 Å². The van der Waals surface area contributed by atoms with Gasteiger partial charge in [0.25, 0.3) is 11.6 Å². The Kier molecular flexibility index (Phi) is 7.39. The molecule has 3 aromatic carbocycles. The summed E-state index contributed by atoms with van der Waals surface area (Å²) in [7, 11) is 1.48. The van der Waals surface area contributed by atoms with Gasteiger partial charge in [0.15, 0.2) is 18.1 Å². The number of non-ortho nitro benzene ring substituents is 1. The van der Waals surface area contributed by atoms with Crippen molar-refractivity contribution in [2.24, 2.45) is 0 Å². The number of carbonyl (C=O) groups is 1. The van der Waals surface area contributed by atoms with Crippen LogP contribution >= 0.6 is 0 Å². The first-order chi connectivity index (χ1) is 15.9. The zero-order chi connectivity index (χ0) is 23.8. The molecule has 1 amide bonds. The van der Waals surface area contributed by atoms with Crippen LogP contribution in [-0.4, -0.2) is 24.5 Å². The van der Waals surface area contributed by atoms with Crippen molar-refractivity contribution in [1.82, 2.24) is 0 Å². The Hall–Kier alpha value is -4.64. The predicted octanol–water partition coefficient (Wildman–Crippen LogP) is 4.99. The summed E-state index contributed by atoms with van der Waals surface area (Å²) >= 11 is 0. The molecule has 0 aromatic heterocycles.